The maximum absolute atomic E-state index is 12.9. The lowest BCUT2D eigenvalue weighted by atomic mass is 9.97. The van der Waals surface area contributed by atoms with Crippen LogP contribution in [0.2, 0.25) is 0 Å². The van der Waals surface area contributed by atoms with Gasteiger partial charge in [0.15, 0.2) is 5.13 Å². The van der Waals surface area contributed by atoms with Gasteiger partial charge in [0.05, 0.1) is 15.1 Å². The van der Waals surface area contributed by atoms with Crippen LogP contribution in [-0.4, -0.2) is 36.7 Å². The predicted molar refractivity (Wildman–Crippen MR) is 121 cm³/mol. The zero-order valence-electron chi connectivity index (χ0n) is 17.1. The third kappa shape index (κ3) is 5.74. The summed E-state index contributed by atoms with van der Waals surface area (Å²) in [5, 5.41) is 3.40. The molecule has 0 saturated carbocycles. The average molecular weight is 436 g/mol. The Balaban J connectivity index is 2.28. The standard InChI is InChI=1S/C21H29N3O3S2/c1-5-9-16(10-6-2)20(25)23-21-22-18-12-11-17(15-19(18)28-21)29(26,27)24(13-7-3)14-8-4/h7-8,11-12,15-16H,3-6,9-10,13-14H2,1-2H3,(H,22,23,25). The molecule has 0 saturated heterocycles. The van der Waals surface area contributed by atoms with E-state index in [2.05, 4.69) is 37.3 Å². The molecule has 1 aromatic carbocycles. The van der Waals surface area contributed by atoms with Gasteiger partial charge in [0, 0.05) is 19.0 Å². The summed E-state index contributed by atoms with van der Waals surface area (Å²) in [6.45, 7) is 11.8. The van der Waals surface area contributed by atoms with Crippen molar-refractivity contribution in [3.8, 4) is 0 Å². The van der Waals surface area contributed by atoms with Crippen molar-refractivity contribution in [3.05, 3.63) is 43.5 Å². The molecule has 0 fully saturated rings. The van der Waals surface area contributed by atoms with Crippen molar-refractivity contribution in [1.29, 1.82) is 0 Å². The molecule has 0 bridgehead atoms. The summed E-state index contributed by atoms with van der Waals surface area (Å²) in [6, 6.07) is 4.82. The Morgan fingerprint density at radius 1 is 1.21 bits per heavy atom. The smallest absolute Gasteiger partial charge is 0.243 e. The maximum Gasteiger partial charge on any atom is 0.243 e. The van der Waals surface area contributed by atoms with Gasteiger partial charge >= 0.3 is 0 Å². The van der Waals surface area contributed by atoms with E-state index >= 15 is 0 Å². The second kappa shape index (κ2) is 10.7. The predicted octanol–water partition coefficient (Wildman–Crippen LogP) is 4.81. The highest BCUT2D eigenvalue weighted by molar-refractivity contribution is 7.89. The topological polar surface area (TPSA) is 79.4 Å². The van der Waals surface area contributed by atoms with Crippen molar-refractivity contribution in [1.82, 2.24) is 9.29 Å². The Labute approximate surface area is 177 Å². The number of carbonyl (C=O) groups excluding carboxylic acids is 1. The van der Waals surface area contributed by atoms with E-state index < -0.39 is 10.0 Å². The van der Waals surface area contributed by atoms with E-state index in [-0.39, 0.29) is 29.8 Å². The zero-order valence-corrected chi connectivity index (χ0v) is 18.7. The maximum atomic E-state index is 12.9. The van der Waals surface area contributed by atoms with Gasteiger partial charge in [0.1, 0.15) is 0 Å². The molecule has 1 heterocycles. The van der Waals surface area contributed by atoms with E-state index in [9.17, 15) is 13.2 Å². The molecule has 158 valence electrons. The van der Waals surface area contributed by atoms with E-state index in [4.69, 9.17) is 0 Å². The monoisotopic (exact) mass is 435 g/mol. The second-order valence-electron chi connectivity index (χ2n) is 6.81. The van der Waals surface area contributed by atoms with Crippen LogP contribution in [0.3, 0.4) is 0 Å². The highest BCUT2D eigenvalue weighted by atomic mass is 32.2. The molecule has 0 aliphatic rings. The van der Waals surface area contributed by atoms with Crippen LogP contribution >= 0.6 is 11.3 Å². The molecule has 2 aromatic rings. The summed E-state index contributed by atoms with van der Waals surface area (Å²) >= 11 is 1.28. The van der Waals surface area contributed by atoms with Gasteiger partial charge in [0.2, 0.25) is 15.9 Å². The lowest BCUT2D eigenvalue weighted by Crippen LogP contribution is -2.31. The number of amides is 1. The molecule has 1 N–H and O–H groups in total. The number of aromatic nitrogens is 1. The van der Waals surface area contributed by atoms with Crippen molar-refractivity contribution in [3.63, 3.8) is 0 Å². The van der Waals surface area contributed by atoms with Gasteiger partial charge in [-0.25, -0.2) is 13.4 Å². The highest BCUT2D eigenvalue weighted by Gasteiger charge is 2.24. The zero-order chi connectivity index (χ0) is 21.4. The number of sulfonamides is 1. The van der Waals surface area contributed by atoms with Crippen LogP contribution in [0.4, 0.5) is 5.13 Å². The number of nitrogens with zero attached hydrogens (tertiary/aromatic N) is 2. The van der Waals surface area contributed by atoms with Crippen LogP contribution in [0.15, 0.2) is 48.4 Å². The largest absolute Gasteiger partial charge is 0.302 e. The van der Waals surface area contributed by atoms with Gasteiger partial charge in [0.25, 0.3) is 0 Å². The molecule has 0 aliphatic carbocycles. The third-order valence-corrected chi connectivity index (χ3v) is 7.30. The number of thiazole rings is 1. The quantitative estimate of drug-likeness (QED) is 0.485. The second-order valence-corrected chi connectivity index (χ2v) is 9.78. The van der Waals surface area contributed by atoms with Gasteiger partial charge in [-0.3, -0.25) is 4.79 Å². The van der Waals surface area contributed by atoms with Gasteiger partial charge in [-0.2, -0.15) is 4.31 Å². The molecule has 2 rings (SSSR count). The average Bonchev–Trinajstić information content (AvgIpc) is 3.09. The van der Waals surface area contributed by atoms with Crippen LogP contribution < -0.4 is 5.32 Å². The van der Waals surface area contributed by atoms with E-state index in [0.29, 0.717) is 15.3 Å². The minimum absolute atomic E-state index is 0.0243. The van der Waals surface area contributed by atoms with Crippen LogP contribution in [0.5, 0.6) is 0 Å². The summed E-state index contributed by atoms with van der Waals surface area (Å²) in [6.07, 6.45) is 6.67. The normalized spacial score (nSPS) is 11.9. The molecule has 1 amide bonds. The number of hydrogen-bond donors (Lipinski definition) is 1. The minimum atomic E-state index is -3.68. The number of fused-ring (bicyclic) bond motifs is 1. The first-order valence-corrected chi connectivity index (χ1v) is 12.1. The SMILES string of the molecule is C=CCN(CC=C)S(=O)(=O)c1ccc2nc(NC(=O)C(CCC)CCC)sc2c1. The summed E-state index contributed by atoms with van der Waals surface area (Å²) in [5.74, 6) is -0.0527. The lowest BCUT2D eigenvalue weighted by molar-refractivity contribution is -0.120. The number of anilines is 1. The van der Waals surface area contributed by atoms with Crippen LogP contribution in [-0.2, 0) is 14.8 Å². The summed E-state index contributed by atoms with van der Waals surface area (Å²) in [5.41, 5.74) is 0.658. The fourth-order valence-electron chi connectivity index (χ4n) is 3.14. The van der Waals surface area contributed by atoms with Crippen LogP contribution in [0.1, 0.15) is 39.5 Å². The first kappa shape index (κ1) is 23.3. The molecule has 1 aromatic heterocycles. The lowest BCUT2D eigenvalue weighted by Gasteiger charge is -2.18. The van der Waals surface area contributed by atoms with Gasteiger partial charge in [-0.05, 0) is 31.0 Å². The Kier molecular flexibility index (Phi) is 8.55. The molecular weight excluding hydrogens is 406 g/mol. The number of nitrogens with one attached hydrogen (secondary N) is 1. The van der Waals surface area contributed by atoms with Gasteiger partial charge in [-0.15, -0.1) is 13.2 Å². The number of benzene rings is 1. The number of rotatable bonds is 12. The highest BCUT2D eigenvalue weighted by Crippen LogP contribution is 2.30. The molecule has 0 spiro atoms. The molecule has 8 heteroatoms. The first-order valence-electron chi connectivity index (χ1n) is 9.80. The van der Waals surface area contributed by atoms with E-state index in [0.717, 1.165) is 25.7 Å². The molecular formula is C21H29N3O3S2. The molecule has 29 heavy (non-hydrogen) atoms. The van der Waals surface area contributed by atoms with Crippen molar-refractivity contribution in [2.24, 2.45) is 5.92 Å². The fourth-order valence-corrected chi connectivity index (χ4v) is 5.53. The van der Waals surface area contributed by atoms with Crippen LogP contribution in [0.25, 0.3) is 10.2 Å². The number of carbonyl (C=O) groups is 1. The van der Waals surface area contributed by atoms with Crippen molar-refractivity contribution < 1.29 is 13.2 Å². The Hall–Kier alpha value is -2.03. The van der Waals surface area contributed by atoms with Gasteiger partial charge < -0.3 is 5.32 Å². The van der Waals surface area contributed by atoms with Gasteiger partial charge in [-0.1, -0.05) is 50.2 Å². The molecule has 0 atom stereocenters. The first-order chi connectivity index (χ1) is 13.9. The van der Waals surface area contributed by atoms with E-state index in [1.165, 1.54) is 15.6 Å². The summed E-state index contributed by atoms with van der Waals surface area (Å²) in [4.78, 5) is 17.2. The Bertz CT molecular complexity index is 951. The molecule has 0 unspecified atom stereocenters. The van der Waals surface area contributed by atoms with Crippen molar-refractivity contribution >= 4 is 42.6 Å². The molecule has 0 radical (unpaired) electrons. The van der Waals surface area contributed by atoms with E-state index in [1.54, 1.807) is 30.4 Å². The summed E-state index contributed by atoms with van der Waals surface area (Å²) < 4.78 is 27.8. The van der Waals surface area contributed by atoms with Crippen LogP contribution in [0, 0.1) is 5.92 Å². The molecule has 0 aliphatic heterocycles. The minimum Gasteiger partial charge on any atom is -0.302 e. The van der Waals surface area contributed by atoms with Crippen molar-refractivity contribution in [2.45, 2.75) is 44.4 Å². The fraction of sp³-hybridized carbons (Fsp3) is 0.429. The van der Waals surface area contributed by atoms with E-state index in [1.807, 2.05) is 0 Å². The van der Waals surface area contributed by atoms with Crippen molar-refractivity contribution in [2.75, 3.05) is 18.4 Å². The third-order valence-electron chi connectivity index (χ3n) is 4.54. The molecule has 6 nitrogen and oxygen atoms in total. The number of hydrogen-bond acceptors (Lipinski definition) is 5. The Morgan fingerprint density at radius 2 is 1.83 bits per heavy atom. The Morgan fingerprint density at radius 3 is 2.38 bits per heavy atom. The summed E-state index contributed by atoms with van der Waals surface area (Å²) in [7, 11) is -3.68.